The van der Waals surface area contributed by atoms with Crippen molar-refractivity contribution in [2.24, 2.45) is 5.92 Å². The van der Waals surface area contributed by atoms with Crippen molar-refractivity contribution < 1.29 is 29.1 Å². The van der Waals surface area contributed by atoms with Crippen LogP contribution in [0.2, 0.25) is 0 Å². The molecule has 0 saturated heterocycles. The highest BCUT2D eigenvalue weighted by atomic mass is 17.5. The number of ether oxygens (including phenoxy) is 1. The molecular formula is C8H14O6. The molecule has 0 saturated carbocycles. The van der Waals surface area contributed by atoms with Crippen molar-refractivity contribution in [3.8, 4) is 0 Å². The maximum atomic E-state index is 10.8. The van der Waals surface area contributed by atoms with Gasteiger partial charge in [0, 0.05) is 5.04 Å². The molecule has 0 N–H and O–H groups in total. The lowest BCUT2D eigenvalue weighted by atomic mass is 10.2. The van der Waals surface area contributed by atoms with Crippen molar-refractivity contribution in [3.63, 3.8) is 0 Å². The van der Waals surface area contributed by atoms with Crippen LogP contribution in [-0.4, -0.2) is 18.2 Å². The van der Waals surface area contributed by atoms with Crippen molar-refractivity contribution >= 4 is 12.1 Å². The topological polar surface area (TPSA) is 71.1 Å². The molecule has 0 amide bonds. The first kappa shape index (κ1) is 12.7. The maximum absolute atomic E-state index is 10.8. The Morgan fingerprint density at radius 2 is 1.57 bits per heavy atom. The van der Waals surface area contributed by atoms with Gasteiger partial charge in [-0.3, -0.25) is 4.89 Å². The Hall–Kier alpha value is -1.30. The zero-order chi connectivity index (χ0) is 11.1. The first-order chi connectivity index (χ1) is 6.43. The Kier molecular flexibility index (Phi) is 5.62. The Bertz CT molecular complexity index is 198. The molecule has 0 rings (SSSR count). The monoisotopic (exact) mass is 206 g/mol. The molecular weight excluding hydrogens is 192 g/mol. The lowest BCUT2D eigenvalue weighted by molar-refractivity contribution is -0.460. The largest absolute Gasteiger partial charge is 0.543 e. The minimum Gasteiger partial charge on any atom is -0.430 e. The summed E-state index contributed by atoms with van der Waals surface area (Å²) in [4.78, 5) is 29.5. The number of carbonyl (C=O) groups excluding carboxylic acids is 2. The summed E-state index contributed by atoms with van der Waals surface area (Å²) in [5.74, 6) is -0.998. The zero-order valence-electron chi connectivity index (χ0n) is 8.60. The molecule has 0 spiro atoms. The van der Waals surface area contributed by atoms with Crippen LogP contribution in [0, 0.1) is 5.92 Å². The molecule has 0 radical (unpaired) electrons. The van der Waals surface area contributed by atoms with E-state index < -0.39 is 12.1 Å². The summed E-state index contributed by atoms with van der Waals surface area (Å²) < 4.78 is 4.52. The predicted molar refractivity (Wildman–Crippen MR) is 44.7 cm³/mol. The van der Waals surface area contributed by atoms with E-state index >= 15 is 0 Å². The summed E-state index contributed by atoms with van der Waals surface area (Å²) in [6.07, 6.45) is -1.39. The summed E-state index contributed by atoms with van der Waals surface area (Å²) in [5.41, 5.74) is 0. The smallest absolute Gasteiger partial charge is 0.430 e. The van der Waals surface area contributed by atoms with Crippen LogP contribution in [0.4, 0.5) is 4.79 Å². The second-order valence-corrected chi connectivity index (χ2v) is 3.13. The minimum atomic E-state index is -1.06. The molecule has 0 aliphatic carbocycles. The van der Waals surface area contributed by atoms with Gasteiger partial charge in [0.15, 0.2) is 0 Å². The van der Waals surface area contributed by atoms with E-state index in [4.69, 9.17) is 0 Å². The molecule has 0 unspecified atom stereocenters. The highest BCUT2D eigenvalue weighted by Crippen LogP contribution is 1.98. The maximum Gasteiger partial charge on any atom is 0.543 e. The molecule has 0 heterocycles. The average Bonchev–Trinajstić information content (AvgIpc) is 2.02. The standard InChI is InChI=1S/C8H14O6/c1-5(2)7(9)12-14-13-8(10)11-6(3)4/h5-6H,1-4H3. The van der Waals surface area contributed by atoms with E-state index in [1.54, 1.807) is 27.7 Å². The van der Waals surface area contributed by atoms with E-state index in [1.165, 1.54) is 0 Å². The third kappa shape index (κ3) is 6.24. The number of hydrogen-bond donors (Lipinski definition) is 0. The molecule has 6 nitrogen and oxygen atoms in total. The molecule has 0 aromatic heterocycles. The average molecular weight is 206 g/mol. The summed E-state index contributed by atoms with van der Waals surface area (Å²) >= 11 is 0. The van der Waals surface area contributed by atoms with E-state index in [1.807, 2.05) is 0 Å². The quantitative estimate of drug-likeness (QED) is 0.395. The first-order valence-electron chi connectivity index (χ1n) is 4.19. The van der Waals surface area contributed by atoms with Crippen molar-refractivity contribution in [1.29, 1.82) is 0 Å². The number of rotatable bonds is 4. The Morgan fingerprint density at radius 1 is 1.00 bits per heavy atom. The van der Waals surface area contributed by atoms with Gasteiger partial charge in [0.25, 0.3) is 0 Å². The first-order valence-corrected chi connectivity index (χ1v) is 4.19. The second-order valence-electron chi connectivity index (χ2n) is 3.13. The summed E-state index contributed by atoms with van der Waals surface area (Å²) in [6.45, 7) is 6.50. The van der Waals surface area contributed by atoms with Gasteiger partial charge in [-0.15, -0.1) is 0 Å². The molecule has 0 atom stereocenters. The van der Waals surface area contributed by atoms with E-state index in [2.05, 4.69) is 19.6 Å². The van der Waals surface area contributed by atoms with Crippen LogP contribution in [0.3, 0.4) is 0 Å². The molecule has 0 aliphatic heterocycles. The SMILES string of the molecule is CC(C)OC(=O)OOOC(=O)C(C)C. The molecule has 0 aromatic rings. The molecule has 0 aliphatic rings. The molecule has 6 heteroatoms. The molecule has 0 fully saturated rings. The number of carbonyl (C=O) groups is 2. The molecule has 82 valence electrons. The highest BCUT2D eigenvalue weighted by Gasteiger charge is 2.13. The van der Waals surface area contributed by atoms with Crippen LogP contribution in [0.1, 0.15) is 27.7 Å². The van der Waals surface area contributed by atoms with Gasteiger partial charge < -0.3 is 4.74 Å². The fourth-order valence-corrected chi connectivity index (χ4v) is 0.387. The molecule has 14 heavy (non-hydrogen) atoms. The van der Waals surface area contributed by atoms with Crippen LogP contribution in [0.25, 0.3) is 0 Å². The van der Waals surface area contributed by atoms with Gasteiger partial charge in [0.05, 0.1) is 12.0 Å². The van der Waals surface area contributed by atoms with Gasteiger partial charge in [-0.1, -0.05) is 13.8 Å². The fourth-order valence-electron chi connectivity index (χ4n) is 0.387. The molecule has 0 aromatic carbocycles. The molecule has 0 bridgehead atoms. The van der Waals surface area contributed by atoms with Gasteiger partial charge in [-0.25, -0.2) is 14.5 Å². The Balaban J connectivity index is 3.54. The van der Waals surface area contributed by atoms with Gasteiger partial charge in [0.1, 0.15) is 0 Å². The lowest BCUT2D eigenvalue weighted by Gasteiger charge is -2.06. The van der Waals surface area contributed by atoms with E-state index in [0.717, 1.165) is 0 Å². The van der Waals surface area contributed by atoms with Gasteiger partial charge in [0.2, 0.25) is 0 Å². The lowest BCUT2D eigenvalue weighted by Crippen LogP contribution is -2.17. The summed E-state index contributed by atoms with van der Waals surface area (Å²) in [6, 6.07) is 0. The predicted octanol–water partition coefficient (Wildman–Crippen LogP) is 1.59. The van der Waals surface area contributed by atoms with Crippen LogP contribution < -0.4 is 0 Å². The van der Waals surface area contributed by atoms with Crippen molar-refractivity contribution in [3.05, 3.63) is 0 Å². The van der Waals surface area contributed by atoms with E-state index in [-0.39, 0.29) is 12.0 Å². The summed E-state index contributed by atoms with van der Waals surface area (Å²) in [5, 5.41) is 3.90. The third-order valence-electron chi connectivity index (χ3n) is 1.02. The number of hydrogen-bond acceptors (Lipinski definition) is 6. The zero-order valence-corrected chi connectivity index (χ0v) is 8.60. The van der Waals surface area contributed by atoms with Gasteiger partial charge in [-0.2, -0.15) is 0 Å². The van der Waals surface area contributed by atoms with Crippen LogP contribution in [-0.2, 0) is 24.3 Å². The highest BCUT2D eigenvalue weighted by molar-refractivity contribution is 5.70. The fraction of sp³-hybridized carbons (Fsp3) is 0.750. The van der Waals surface area contributed by atoms with Crippen LogP contribution in [0.5, 0.6) is 0 Å². The van der Waals surface area contributed by atoms with Crippen LogP contribution >= 0.6 is 0 Å². The van der Waals surface area contributed by atoms with Crippen molar-refractivity contribution in [1.82, 2.24) is 0 Å². The van der Waals surface area contributed by atoms with E-state index in [9.17, 15) is 9.59 Å². The van der Waals surface area contributed by atoms with E-state index in [0.29, 0.717) is 0 Å². The second kappa shape index (κ2) is 6.20. The minimum absolute atomic E-state index is 0.327. The summed E-state index contributed by atoms with van der Waals surface area (Å²) in [7, 11) is 0. The van der Waals surface area contributed by atoms with Gasteiger partial charge in [-0.05, 0) is 13.8 Å². The Labute approximate surface area is 81.9 Å². The normalized spacial score (nSPS) is 10.1. The van der Waals surface area contributed by atoms with Crippen LogP contribution in [0.15, 0.2) is 0 Å². The van der Waals surface area contributed by atoms with Crippen molar-refractivity contribution in [2.75, 3.05) is 0 Å². The van der Waals surface area contributed by atoms with Gasteiger partial charge >= 0.3 is 12.1 Å². The van der Waals surface area contributed by atoms with Crippen molar-refractivity contribution in [2.45, 2.75) is 33.8 Å². The third-order valence-corrected chi connectivity index (χ3v) is 1.02. The Morgan fingerprint density at radius 3 is 2.00 bits per heavy atom.